The van der Waals surface area contributed by atoms with Crippen LogP contribution >= 0.6 is 0 Å². The molecule has 1 aromatic heterocycles. The molecule has 0 bridgehead atoms. The van der Waals surface area contributed by atoms with Gasteiger partial charge in [-0.25, -0.2) is 8.42 Å². The molecule has 1 atom stereocenters. The second kappa shape index (κ2) is 7.69. The lowest BCUT2D eigenvalue weighted by Crippen LogP contribution is -2.43. The van der Waals surface area contributed by atoms with Crippen molar-refractivity contribution >= 4 is 21.6 Å². The second-order valence-electron chi connectivity index (χ2n) is 6.37. The van der Waals surface area contributed by atoms with Crippen molar-refractivity contribution < 1.29 is 22.5 Å². The van der Waals surface area contributed by atoms with E-state index < -0.39 is 16.1 Å². The Hall–Kier alpha value is -2.39. The third-order valence-corrected chi connectivity index (χ3v) is 6.63. The first-order valence-corrected chi connectivity index (χ1v) is 10.3. The van der Waals surface area contributed by atoms with Gasteiger partial charge in [-0.05, 0) is 57.9 Å². The van der Waals surface area contributed by atoms with E-state index in [-0.39, 0.29) is 23.1 Å². The van der Waals surface area contributed by atoms with E-state index in [9.17, 15) is 13.2 Å². The van der Waals surface area contributed by atoms with Gasteiger partial charge in [-0.15, -0.1) is 0 Å². The predicted molar refractivity (Wildman–Crippen MR) is 99.1 cm³/mol. The summed E-state index contributed by atoms with van der Waals surface area (Å²) in [5, 5.41) is 6.51. The number of aryl methyl sites for hydroxylation is 2. The number of rotatable bonds is 6. The zero-order valence-corrected chi connectivity index (χ0v) is 16.4. The van der Waals surface area contributed by atoms with Crippen molar-refractivity contribution in [3.05, 3.63) is 35.7 Å². The number of hydrogen-bond donors (Lipinski definition) is 1. The van der Waals surface area contributed by atoms with Gasteiger partial charge in [0, 0.05) is 12.2 Å². The van der Waals surface area contributed by atoms with E-state index in [4.69, 9.17) is 9.26 Å². The second-order valence-corrected chi connectivity index (χ2v) is 8.20. The average molecular weight is 393 g/mol. The largest absolute Gasteiger partial charge is 0.494 e. The van der Waals surface area contributed by atoms with Gasteiger partial charge < -0.3 is 14.6 Å². The molecule has 1 aliphatic heterocycles. The zero-order valence-electron chi connectivity index (χ0n) is 15.6. The van der Waals surface area contributed by atoms with Gasteiger partial charge in [-0.3, -0.25) is 4.79 Å². The van der Waals surface area contributed by atoms with Crippen LogP contribution in [0.4, 0.5) is 5.69 Å². The summed E-state index contributed by atoms with van der Waals surface area (Å²) in [7, 11) is -3.86. The molecule has 9 heteroatoms. The first-order chi connectivity index (χ1) is 12.8. The Balaban J connectivity index is 1.78. The fourth-order valence-electron chi connectivity index (χ4n) is 3.28. The van der Waals surface area contributed by atoms with Crippen LogP contribution in [0.15, 0.2) is 33.7 Å². The summed E-state index contributed by atoms with van der Waals surface area (Å²) < 4.78 is 37.7. The number of amides is 1. The maximum absolute atomic E-state index is 13.1. The molecule has 1 aliphatic rings. The number of sulfonamides is 1. The van der Waals surface area contributed by atoms with Gasteiger partial charge in [-0.1, -0.05) is 5.16 Å². The minimum absolute atomic E-state index is 0.0447. The third kappa shape index (κ3) is 3.84. The smallest absolute Gasteiger partial charge is 0.249 e. The highest BCUT2D eigenvalue weighted by atomic mass is 32.2. The van der Waals surface area contributed by atoms with Crippen LogP contribution in [0, 0.1) is 13.8 Å². The lowest BCUT2D eigenvalue weighted by Gasteiger charge is -2.23. The first-order valence-electron chi connectivity index (χ1n) is 8.83. The quantitative estimate of drug-likeness (QED) is 0.809. The average Bonchev–Trinajstić information content (AvgIpc) is 3.24. The normalized spacial score (nSPS) is 17.8. The van der Waals surface area contributed by atoms with E-state index in [0.717, 1.165) is 0 Å². The molecule has 1 fully saturated rings. The summed E-state index contributed by atoms with van der Waals surface area (Å²) in [5.74, 6) is 0.580. The zero-order chi connectivity index (χ0) is 19.6. The van der Waals surface area contributed by atoms with E-state index >= 15 is 0 Å². The lowest BCUT2D eigenvalue weighted by atomic mass is 10.2. The van der Waals surface area contributed by atoms with Crippen molar-refractivity contribution in [2.75, 3.05) is 18.5 Å². The van der Waals surface area contributed by atoms with Gasteiger partial charge in [0.2, 0.25) is 15.9 Å². The van der Waals surface area contributed by atoms with Gasteiger partial charge in [0.25, 0.3) is 0 Å². The maximum Gasteiger partial charge on any atom is 0.249 e. The van der Waals surface area contributed by atoms with Crippen LogP contribution in [-0.2, 0) is 14.8 Å². The fourth-order valence-corrected chi connectivity index (χ4v) is 5.23. The molecule has 0 aliphatic carbocycles. The van der Waals surface area contributed by atoms with Crippen LogP contribution in [0.5, 0.6) is 5.75 Å². The summed E-state index contributed by atoms with van der Waals surface area (Å²) in [6.07, 6.45) is 1.08. The summed E-state index contributed by atoms with van der Waals surface area (Å²) in [6, 6.07) is 6.20. The van der Waals surface area contributed by atoms with E-state index in [1.54, 1.807) is 38.1 Å². The predicted octanol–water partition coefficient (Wildman–Crippen LogP) is 2.48. The molecule has 27 heavy (non-hydrogen) atoms. The summed E-state index contributed by atoms with van der Waals surface area (Å²) in [5.41, 5.74) is 0.884. The molecule has 146 valence electrons. The van der Waals surface area contributed by atoms with Crippen LogP contribution in [0.2, 0.25) is 0 Å². The Morgan fingerprint density at radius 1 is 1.33 bits per heavy atom. The molecule has 0 unspecified atom stereocenters. The van der Waals surface area contributed by atoms with Gasteiger partial charge in [-0.2, -0.15) is 4.31 Å². The molecule has 1 saturated heterocycles. The molecule has 8 nitrogen and oxygen atoms in total. The topological polar surface area (TPSA) is 102 Å². The molecule has 0 spiro atoms. The number of ether oxygens (including phenoxy) is 1. The van der Waals surface area contributed by atoms with Crippen molar-refractivity contribution in [1.82, 2.24) is 9.46 Å². The first kappa shape index (κ1) is 19.4. The Kier molecular flexibility index (Phi) is 5.52. The van der Waals surface area contributed by atoms with Crippen LogP contribution in [0.3, 0.4) is 0 Å². The van der Waals surface area contributed by atoms with E-state index in [1.807, 2.05) is 6.92 Å². The minimum atomic E-state index is -3.86. The monoisotopic (exact) mass is 393 g/mol. The van der Waals surface area contributed by atoms with E-state index in [1.165, 1.54) is 4.31 Å². The summed E-state index contributed by atoms with van der Waals surface area (Å²) in [4.78, 5) is 12.8. The molecule has 0 saturated carbocycles. The van der Waals surface area contributed by atoms with E-state index in [0.29, 0.717) is 36.6 Å². The molecule has 2 aromatic rings. The molecule has 3 rings (SSSR count). The number of benzene rings is 1. The molecule has 1 N–H and O–H groups in total. The highest BCUT2D eigenvalue weighted by Gasteiger charge is 2.41. The van der Waals surface area contributed by atoms with Crippen LogP contribution in [0.25, 0.3) is 0 Å². The highest BCUT2D eigenvalue weighted by molar-refractivity contribution is 7.89. The lowest BCUT2D eigenvalue weighted by molar-refractivity contribution is -0.119. The molecule has 0 radical (unpaired) electrons. The van der Waals surface area contributed by atoms with Crippen molar-refractivity contribution in [1.29, 1.82) is 0 Å². The molecular formula is C18H23N3O5S. The number of hydrogen-bond acceptors (Lipinski definition) is 6. The summed E-state index contributed by atoms with van der Waals surface area (Å²) >= 11 is 0. The molecule has 1 amide bonds. The SMILES string of the molecule is CCOc1ccc(NC(=O)[C@@H]2CCCN2S(=O)(=O)c2c(C)noc2C)cc1. The summed E-state index contributed by atoms with van der Waals surface area (Å²) in [6.45, 7) is 5.87. The number of aromatic nitrogens is 1. The van der Waals surface area contributed by atoms with Crippen molar-refractivity contribution in [2.24, 2.45) is 0 Å². The Bertz CT molecular complexity index is 901. The van der Waals surface area contributed by atoms with Crippen molar-refractivity contribution in [3.8, 4) is 5.75 Å². The Labute approximate surface area is 158 Å². The van der Waals surface area contributed by atoms with E-state index in [2.05, 4.69) is 10.5 Å². The van der Waals surface area contributed by atoms with Gasteiger partial charge in [0.05, 0.1) is 6.61 Å². The molecule has 2 heterocycles. The fraction of sp³-hybridized carbons (Fsp3) is 0.444. The maximum atomic E-state index is 13.1. The van der Waals surface area contributed by atoms with Gasteiger partial charge in [0.15, 0.2) is 5.76 Å². The molecular weight excluding hydrogens is 370 g/mol. The van der Waals surface area contributed by atoms with Gasteiger partial charge in [0.1, 0.15) is 22.4 Å². The third-order valence-electron chi connectivity index (χ3n) is 4.47. The standard InChI is InChI=1S/C18H23N3O5S/c1-4-25-15-9-7-14(8-10-15)19-18(22)16-6-5-11-21(16)27(23,24)17-12(2)20-26-13(17)3/h7-10,16H,4-6,11H2,1-3H3,(H,19,22)/t16-/m0/s1. The van der Waals surface area contributed by atoms with Crippen LogP contribution in [0.1, 0.15) is 31.2 Å². The number of nitrogens with one attached hydrogen (secondary N) is 1. The number of anilines is 1. The van der Waals surface area contributed by atoms with Crippen molar-refractivity contribution in [2.45, 2.75) is 44.6 Å². The van der Waals surface area contributed by atoms with Crippen molar-refractivity contribution in [3.63, 3.8) is 0 Å². The number of carbonyl (C=O) groups is 1. The molecule has 1 aromatic carbocycles. The van der Waals surface area contributed by atoms with Crippen LogP contribution < -0.4 is 10.1 Å². The Morgan fingerprint density at radius 3 is 2.63 bits per heavy atom. The highest BCUT2D eigenvalue weighted by Crippen LogP contribution is 2.30. The van der Waals surface area contributed by atoms with Crippen LogP contribution in [-0.4, -0.2) is 43.0 Å². The minimum Gasteiger partial charge on any atom is -0.494 e. The van der Waals surface area contributed by atoms with Gasteiger partial charge >= 0.3 is 0 Å². The Morgan fingerprint density at radius 2 is 2.04 bits per heavy atom. The number of nitrogens with zero attached hydrogens (tertiary/aromatic N) is 2. The number of carbonyl (C=O) groups excluding carboxylic acids is 1.